The summed E-state index contributed by atoms with van der Waals surface area (Å²) < 4.78 is 17.1. The number of nitrogens with zero attached hydrogens (tertiary/aromatic N) is 4. The molecule has 7 nitrogen and oxygen atoms in total. The SMILES string of the molecule is Cc1cccc2c(=O)n(CC(=O)Nc3ccc(-n4ccnc4)c(F)c3)cnc12. The van der Waals surface area contributed by atoms with Crippen LogP contribution in [0.5, 0.6) is 0 Å². The Bertz CT molecular complexity index is 1230. The van der Waals surface area contributed by atoms with Gasteiger partial charge in [-0.05, 0) is 36.8 Å². The minimum absolute atomic E-state index is 0.222. The molecule has 0 atom stereocenters. The van der Waals surface area contributed by atoms with Crippen molar-refractivity contribution in [3.63, 3.8) is 0 Å². The molecule has 140 valence electrons. The molecule has 8 heteroatoms. The first-order chi connectivity index (χ1) is 13.5. The van der Waals surface area contributed by atoms with Crippen LogP contribution in [0.3, 0.4) is 0 Å². The molecule has 0 aliphatic carbocycles. The second-order valence-corrected chi connectivity index (χ2v) is 6.33. The molecule has 2 heterocycles. The smallest absolute Gasteiger partial charge is 0.261 e. The van der Waals surface area contributed by atoms with Gasteiger partial charge in [-0.1, -0.05) is 12.1 Å². The van der Waals surface area contributed by atoms with Gasteiger partial charge in [-0.3, -0.25) is 14.2 Å². The van der Waals surface area contributed by atoms with E-state index in [2.05, 4.69) is 15.3 Å². The molecule has 1 N–H and O–H groups in total. The molecule has 28 heavy (non-hydrogen) atoms. The lowest BCUT2D eigenvalue weighted by atomic mass is 10.1. The summed E-state index contributed by atoms with van der Waals surface area (Å²) in [5, 5.41) is 3.05. The second-order valence-electron chi connectivity index (χ2n) is 6.33. The number of fused-ring (bicyclic) bond motifs is 1. The van der Waals surface area contributed by atoms with Crippen molar-refractivity contribution in [3.05, 3.63) is 83.2 Å². The van der Waals surface area contributed by atoms with Crippen molar-refractivity contribution in [3.8, 4) is 5.69 Å². The van der Waals surface area contributed by atoms with Crippen LogP contribution in [0.15, 0.2) is 66.2 Å². The molecule has 0 aliphatic rings. The number of carbonyl (C=O) groups excluding carboxylic acids is 1. The highest BCUT2D eigenvalue weighted by molar-refractivity contribution is 5.91. The number of rotatable bonds is 4. The van der Waals surface area contributed by atoms with Gasteiger partial charge in [0.15, 0.2) is 0 Å². The Labute approximate surface area is 159 Å². The molecule has 0 bridgehead atoms. The third-order valence-corrected chi connectivity index (χ3v) is 4.38. The highest BCUT2D eigenvalue weighted by atomic mass is 19.1. The molecule has 0 radical (unpaired) electrons. The van der Waals surface area contributed by atoms with E-state index in [1.54, 1.807) is 36.7 Å². The minimum atomic E-state index is -0.504. The third kappa shape index (κ3) is 3.27. The van der Waals surface area contributed by atoms with Crippen molar-refractivity contribution in [2.75, 3.05) is 5.32 Å². The van der Waals surface area contributed by atoms with Crippen molar-refractivity contribution in [1.82, 2.24) is 19.1 Å². The van der Waals surface area contributed by atoms with Crippen LogP contribution in [0.1, 0.15) is 5.56 Å². The summed E-state index contributed by atoms with van der Waals surface area (Å²) in [5.41, 5.74) is 1.82. The maximum absolute atomic E-state index is 14.3. The average molecular weight is 377 g/mol. The van der Waals surface area contributed by atoms with Gasteiger partial charge in [0.25, 0.3) is 5.56 Å². The topological polar surface area (TPSA) is 81.8 Å². The predicted octanol–water partition coefficient (Wildman–Crippen LogP) is 2.67. The largest absolute Gasteiger partial charge is 0.324 e. The van der Waals surface area contributed by atoms with Gasteiger partial charge in [-0.25, -0.2) is 14.4 Å². The first-order valence-electron chi connectivity index (χ1n) is 8.55. The fraction of sp³-hybridized carbons (Fsp3) is 0.100. The van der Waals surface area contributed by atoms with E-state index >= 15 is 0 Å². The summed E-state index contributed by atoms with van der Waals surface area (Å²) in [7, 11) is 0. The molecule has 0 aliphatic heterocycles. The fourth-order valence-corrected chi connectivity index (χ4v) is 3.00. The van der Waals surface area contributed by atoms with Crippen LogP contribution in [0.2, 0.25) is 0 Å². The number of anilines is 1. The summed E-state index contributed by atoms with van der Waals surface area (Å²) in [6, 6.07) is 9.66. The van der Waals surface area contributed by atoms with E-state index in [9.17, 15) is 14.0 Å². The highest BCUT2D eigenvalue weighted by Gasteiger charge is 2.11. The van der Waals surface area contributed by atoms with Gasteiger partial charge < -0.3 is 9.88 Å². The molecule has 0 fully saturated rings. The van der Waals surface area contributed by atoms with Crippen LogP contribution in [-0.4, -0.2) is 25.0 Å². The number of aryl methyl sites for hydroxylation is 1. The zero-order chi connectivity index (χ0) is 19.7. The number of nitrogens with one attached hydrogen (secondary N) is 1. The van der Waals surface area contributed by atoms with Gasteiger partial charge in [0, 0.05) is 18.1 Å². The van der Waals surface area contributed by atoms with Gasteiger partial charge in [0.1, 0.15) is 12.4 Å². The molecule has 2 aromatic carbocycles. The lowest BCUT2D eigenvalue weighted by Gasteiger charge is -2.10. The maximum atomic E-state index is 14.3. The van der Waals surface area contributed by atoms with Gasteiger partial charge in [0.05, 0.1) is 29.2 Å². The Morgan fingerprint density at radius 3 is 2.82 bits per heavy atom. The third-order valence-electron chi connectivity index (χ3n) is 4.38. The summed E-state index contributed by atoms with van der Waals surface area (Å²) in [6.07, 6.45) is 6.00. The first kappa shape index (κ1) is 17.6. The van der Waals surface area contributed by atoms with Crippen molar-refractivity contribution in [2.24, 2.45) is 0 Å². The van der Waals surface area contributed by atoms with E-state index in [0.717, 1.165) is 5.56 Å². The van der Waals surface area contributed by atoms with Crippen molar-refractivity contribution >= 4 is 22.5 Å². The molecule has 0 unspecified atom stereocenters. The van der Waals surface area contributed by atoms with Crippen molar-refractivity contribution in [2.45, 2.75) is 13.5 Å². The average Bonchev–Trinajstić information content (AvgIpc) is 3.19. The normalized spacial score (nSPS) is 10.9. The molecule has 0 spiro atoms. The van der Waals surface area contributed by atoms with E-state index in [0.29, 0.717) is 22.3 Å². The molecule has 4 aromatic rings. The standard InChI is InChI=1S/C20H16FN5O2/c1-13-3-2-4-15-19(13)23-12-26(20(15)28)10-18(27)24-14-5-6-17(16(21)9-14)25-8-7-22-11-25/h2-9,11-12H,10H2,1H3,(H,24,27). The van der Waals surface area contributed by atoms with Gasteiger partial charge in [0.2, 0.25) is 5.91 Å². The Morgan fingerprint density at radius 2 is 2.07 bits per heavy atom. The Balaban J connectivity index is 1.54. The van der Waals surface area contributed by atoms with Crippen LogP contribution in [-0.2, 0) is 11.3 Å². The summed E-state index contributed by atoms with van der Waals surface area (Å²) in [4.78, 5) is 33.0. The molecule has 0 saturated carbocycles. The van der Waals surface area contributed by atoms with Crippen LogP contribution < -0.4 is 10.9 Å². The van der Waals surface area contributed by atoms with E-state index in [-0.39, 0.29) is 12.1 Å². The number of imidazole rings is 1. The molecular weight excluding hydrogens is 361 g/mol. The summed E-state index contributed by atoms with van der Waals surface area (Å²) in [5.74, 6) is -0.957. The monoisotopic (exact) mass is 377 g/mol. The quantitative estimate of drug-likeness (QED) is 0.593. The zero-order valence-electron chi connectivity index (χ0n) is 15.0. The van der Waals surface area contributed by atoms with Crippen molar-refractivity contribution < 1.29 is 9.18 Å². The molecule has 1 amide bonds. The molecule has 4 rings (SSSR count). The Morgan fingerprint density at radius 1 is 1.21 bits per heavy atom. The predicted molar refractivity (Wildman–Crippen MR) is 103 cm³/mol. The van der Waals surface area contributed by atoms with E-state index < -0.39 is 11.7 Å². The fourth-order valence-electron chi connectivity index (χ4n) is 3.00. The molecule has 2 aromatic heterocycles. The lowest BCUT2D eigenvalue weighted by molar-refractivity contribution is -0.116. The first-order valence-corrected chi connectivity index (χ1v) is 8.55. The van der Waals surface area contributed by atoms with Crippen molar-refractivity contribution in [1.29, 1.82) is 0 Å². The number of aromatic nitrogens is 4. The van der Waals surface area contributed by atoms with Gasteiger partial charge >= 0.3 is 0 Å². The maximum Gasteiger partial charge on any atom is 0.261 e. The number of amides is 1. The van der Waals surface area contributed by atoms with E-state index in [4.69, 9.17) is 0 Å². The van der Waals surface area contributed by atoms with E-state index in [1.165, 1.54) is 27.9 Å². The molecule has 0 saturated heterocycles. The minimum Gasteiger partial charge on any atom is -0.324 e. The number of hydrogen-bond donors (Lipinski definition) is 1. The summed E-state index contributed by atoms with van der Waals surface area (Å²) in [6.45, 7) is 1.65. The highest BCUT2D eigenvalue weighted by Crippen LogP contribution is 2.18. The van der Waals surface area contributed by atoms with Gasteiger partial charge in [-0.2, -0.15) is 0 Å². The van der Waals surface area contributed by atoms with Crippen LogP contribution in [0.25, 0.3) is 16.6 Å². The van der Waals surface area contributed by atoms with Crippen LogP contribution in [0.4, 0.5) is 10.1 Å². The zero-order valence-corrected chi connectivity index (χ0v) is 15.0. The van der Waals surface area contributed by atoms with Crippen LogP contribution in [0, 0.1) is 12.7 Å². The Hall–Kier alpha value is -3.81. The number of hydrogen-bond acceptors (Lipinski definition) is 4. The second kappa shape index (κ2) is 7.07. The molecular formula is C20H16FN5O2. The number of para-hydroxylation sites is 1. The number of carbonyl (C=O) groups is 1. The van der Waals surface area contributed by atoms with Crippen LogP contribution >= 0.6 is 0 Å². The van der Waals surface area contributed by atoms with Gasteiger partial charge in [-0.15, -0.1) is 0 Å². The summed E-state index contributed by atoms with van der Waals surface area (Å²) >= 11 is 0. The Kier molecular flexibility index (Phi) is 4.44. The number of halogens is 1. The van der Waals surface area contributed by atoms with E-state index in [1.807, 2.05) is 13.0 Å². The lowest BCUT2D eigenvalue weighted by Crippen LogP contribution is -2.28. The number of benzene rings is 2.